The Labute approximate surface area is 127 Å². The Hall–Kier alpha value is -1.71. The Morgan fingerprint density at radius 2 is 1.70 bits per heavy atom. The van der Waals surface area contributed by atoms with Crippen molar-refractivity contribution in [1.82, 2.24) is 0 Å². The molecule has 0 heterocycles. The number of hydrogen-bond acceptors (Lipinski definition) is 3. The predicted molar refractivity (Wildman–Crippen MR) is 79.3 cm³/mol. The van der Waals surface area contributed by atoms with Crippen LogP contribution in [0.25, 0.3) is 0 Å². The third-order valence-electron chi connectivity index (χ3n) is 2.66. The van der Waals surface area contributed by atoms with Crippen molar-refractivity contribution in [2.75, 3.05) is 13.7 Å². The molecule has 104 valence electrons. The van der Waals surface area contributed by atoms with Crippen LogP contribution in [0.15, 0.2) is 42.5 Å². The summed E-state index contributed by atoms with van der Waals surface area (Å²) in [6, 6.07) is 11.7. The maximum absolute atomic E-state index is 12.0. The summed E-state index contributed by atoms with van der Waals surface area (Å²) in [7, 11) is 1.58. The third-order valence-corrected chi connectivity index (χ3v) is 3.22. The van der Waals surface area contributed by atoms with E-state index in [1.807, 2.05) is 0 Å². The van der Waals surface area contributed by atoms with Crippen LogP contribution in [-0.2, 0) is 0 Å². The average molecular weight is 311 g/mol. The van der Waals surface area contributed by atoms with Crippen LogP contribution in [-0.4, -0.2) is 19.5 Å². The molecule has 3 nitrogen and oxygen atoms in total. The number of halogens is 2. The van der Waals surface area contributed by atoms with Crippen molar-refractivity contribution in [2.24, 2.45) is 0 Å². The molecule has 0 unspecified atom stereocenters. The highest BCUT2D eigenvalue weighted by molar-refractivity contribution is 6.35. The van der Waals surface area contributed by atoms with Crippen LogP contribution in [0.4, 0.5) is 0 Å². The van der Waals surface area contributed by atoms with E-state index in [0.29, 0.717) is 21.4 Å². The lowest BCUT2D eigenvalue weighted by atomic mass is 10.1. The molecule has 0 aliphatic heterocycles. The summed E-state index contributed by atoms with van der Waals surface area (Å²) >= 11 is 11.8. The van der Waals surface area contributed by atoms with E-state index in [0.717, 1.165) is 5.75 Å². The van der Waals surface area contributed by atoms with E-state index in [1.54, 1.807) is 43.5 Å². The Morgan fingerprint density at radius 3 is 2.35 bits per heavy atom. The Balaban J connectivity index is 2.02. The van der Waals surface area contributed by atoms with E-state index in [-0.39, 0.29) is 12.4 Å². The smallest absolute Gasteiger partial charge is 0.201 e. The summed E-state index contributed by atoms with van der Waals surface area (Å²) in [5.74, 6) is 1.08. The van der Waals surface area contributed by atoms with Gasteiger partial charge in [-0.2, -0.15) is 0 Å². The highest BCUT2D eigenvalue weighted by Crippen LogP contribution is 2.22. The minimum Gasteiger partial charge on any atom is -0.497 e. The van der Waals surface area contributed by atoms with Crippen molar-refractivity contribution in [3.8, 4) is 11.5 Å². The molecule has 0 radical (unpaired) electrons. The zero-order valence-electron chi connectivity index (χ0n) is 10.7. The van der Waals surface area contributed by atoms with Gasteiger partial charge in [-0.3, -0.25) is 4.79 Å². The molecular formula is C15H12Cl2O3. The van der Waals surface area contributed by atoms with Gasteiger partial charge in [-0.05, 0) is 42.5 Å². The maximum Gasteiger partial charge on any atom is 0.201 e. The van der Waals surface area contributed by atoms with Crippen molar-refractivity contribution in [3.05, 3.63) is 58.1 Å². The Bertz CT molecular complexity index is 609. The lowest BCUT2D eigenvalue weighted by Gasteiger charge is -2.07. The number of carbonyl (C=O) groups is 1. The monoisotopic (exact) mass is 310 g/mol. The van der Waals surface area contributed by atoms with Crippen LogP contribution in [0.3, 0.4) is 0 Å². The molecule has 0 aliphatic carbocycles. The molecule has 2 aromatic carbocycles. The first-order chi connectivity index (χ1) is 9.60. The number of Topliss-reactive ketones (excluding diaryl/α,β-unsaturated/α-hetero) is 1. The van der Waals surface area contributed by atoms with E-state index in [1.165, 1.54) is 6.07 Å². The standard InChI is InChI=1S/C15H12Cl2O3/c1-19-11-3-5-12(6-4-11)20-9-15(18)13-8-10(16)2-7-14(13)17/h2-8H,9H2,1H3. The number of ether oxygens (including phenoxy) is 2. The van der Waals surface area contributed by atoms with Crippen molar-refractivity contribution in [2.45, 2.75) is 0 Å². The highest BCUT2D eigenvalue weighted by Gasteiger charge is 2.12. The third kappa shape index (κ3) is 3.65. The molecule has 0 amide bonds. The zero-order chi connectivity index (χ0) is 14.5. The Morgan fingerprint density at radius 1 is 1.05 bits per heavy atom. The van der Waals surface area contributed by atoms with Crippen LogP contribution in [0, 0.1) is 0 Å². The van der Waals surface area contributed by atoms with Crippen molar-refractivity contribution in [3.63, 3.8) is 0 Å². The van der Waals surface area contributed by atoms with Crippen LogP contribution in [0.1, 0.15) is 10.4 Å². The molecule has 0 saturated carbocycles. The minimum absolute atomic E-state index is 0.105. The van der Waals surface area contributed by atoms with Crippen molar-refractivity contribution in [1.29, 1.82) is 0 Å². The topological polar surface area (TPSA) is 35.5 Å². The second kappa shape index (κ2) is 6.64. The summed E-state index contributed by atoms with van der Waals surface area (Å²) < 4.78 is 10.4. The lowest BCUT2D eigenvalue weighted by Crippen LogP contribution is -2.12. The van der Waals surface area contributed by atoms with E-state index in [9.17, 15) is 4.79 Å². The largest absolute Gasteiger partial charge is 0.497 e. The number of methoxy groups -OCH3 is 1. The molecule has 2 rings (SSSR count). The molecule has 2 aromatic rings. The summed E-state index contributed by atoms with van der Waals surface area (Å²) in [6.07, 6.45) is 0. The molecule has 0 bridgehead atoms. The normalized spacial score (nSPS) is 10.2. The van der Waals surface area contributed by atoms with E-state index in [4.69, 9.17) is 32.7 Å². The summed E-state index contributed by atoms with van der Waals surface area (Å²) in [5, 5.41) is 0.819. The van der Waals surface area contributed by atoms with Crippen LogP contribution < -0.4 is 9.47 Å². The van der Waals surface area contributed by atoms with Gasteiger partial charge in [0.15, 0.2) is 6.61 Å². The fraction of sp³-hybridized carbons (Fsp3) is 0.133. The van der Waals surface area contributed by atoms with Gasteiger partial charge < -0.3 is 9.47 Å². The van der Waals surface area contributed by atoms with Crippen LogP contribution in [0.5, 0.6) is 11.5 Å². The summed E-state index contributed by atoms with van der Waals surface area (Å²) in [4.78, 5) is 12.0. The van der Waals surface area contributed by atoms with Gasteiger partial charge in [0.1, 0.15) is 11.5 Å². The van der Waals surface area contributed by atoms with Gasteiger partial charge in [-0.1, -0.05) is 23.2 Å². The molecule has 0 aromatic heterocycles. The SMILES string of the molecule is COc1ccc(OCC(=O)c2cc(Cl)ccc2Cl)cc1. The minimum atomic E-state index is -0.228. The Kier molecular flexibility index (Phi) is 4.88. The fourth-order valence-electron chi connectivity index (χ4n) is 1.61. The van der Waals surface area contributed by atoms with E-state index < -0.39 is 0 Å². The van der Waals surface area contributed by atoms with Gasteiger partial charge in [0, 0.05) is 10.6 Å². The van der Waals surface area contributed by atoms with Crippen LogP contribution >= 0.6 is 23.2 Å². The van der Waals surface area contributed by atoms with E-state index in [2.05, 4.69) is 0 Å². The summed E-state index contributed by atoms with van der Waals surface area (Å²) in [6.45, 7) is -0.105. The first kappa shape index (κ1) is 14.7. The molecule has 0 spiro atoms. The molecular weight excluding hydrogens is 299 g/mol. The molecule has 0 atom stereocenters. The summed E-state index contributed by atoms with van der Waals surface area (Å²) in [5.41, 5.74) is 0.354. The number of rotatable bonds is 5. The number of carbonyl (C=O) groups excluding carboxylic acids is 1. The maximum atomic E-state index is 12.0. The second-order valence-electron chi connectivity index (χ2n) is 4.01. The van der Waals surface area contributed by atoms with E-state index >= 15 is 0 Å². The molecule has 0 fully saturated rings. The van der Waals surface area contributed by atoms with Gasteiger partial charge in [0.2, 0.25) is 5.78 Å². The van der Waals surface area contributed by atoms with Crippen molar-refractivity contribution >= 4 is 29.0 Å². The molecule has 5 heteroatoms. The second-order valence-corrected chi connectivity index (χ2v) is 4.86. The zero-order valence-corrected chi connectivity index (χ0v) is 12.2. The van der Waals surface area contributed by atoms with Gasteiger partial charge in [0.25, 0.3) is 0 Å². The quantitative estimate of drug-likeness (QED) is 0.774. The molecule has 20 heavy (non-hydrogen) atoms. The first-order valence-corrected chi connectivity index (χ1v) is 6.61. The number of benzene rings is 2. The number of hydrogen-bond donors (Lipinski definition) is 0. The number of ketones is 1. The van der Waals surface area contributed by atoms with Gasteiger partial charge >= 0.3 is 0 Å². The highest BCUT2D eigenvalue weighted by atomic mass is 35.5. The predicted octanol–water partition coefficient (Wildman–Crippen LogP) is 4.26. The fourth-order valence-corrected chi connectivity index (χ4v) is 2.00. The molecule has 0 saturated heterocycles. The molecule has 0 aliphatic rings. The van der Waals surface area contributed by atoms with Gasteiger partial charge in [-0.25, -0.2) is 0 Å². The lowest BCUT2D eigenvalue weighted by molar-refractivity contribution is 0.0921. The van der Waals surface area contributed by atoms with Gasteiger partial charge in [-0.15, -0.1) is 0 Å². The average Bonchev–Trinajstić information content (AvgIpc) is 2.47. The van der Waals surface area contributed by atoms with Crippen molar-refractivity contribution < 1.29 is 14.3 Å². The van der Waals surface area contributed by atoms with Crippen LogP contribution in [0.2, 0.25) is 10.0 Å². The first-order valence-electron chi connectivity index (χ1n) is 5.85. The van der Waals surface area contributed by atoms with Gasteiger partial charge in [0.05, 0.1) is 12.1 Å². The molecule has 0 N–H and O–H groups in total.